The van der Waals surface area contributed by atoms with E-state index in [0.717, 1.165) is 0 Å². The lowest BCUT2D eigenvalue weighted by Gasteiger charge is -2.22. The second-order valence-electron chi connectivity index (χ2n) is 2.95. The van der Waals surface area contributed by atoms with Gasteiger partial charge < -0.3 is 4.90 Å². The molecule has 1 aliphatic rings. The van der Waals surface area contributed by atoms with Crippen LogP contribution in [0.15, 0.2) is 0 Å². The molecule has 0 spiro atoms. The van der Waals surface area contributed by atoms with Gasteiger partial charge in [-0.15, -0.1) is 12.6 Å². The van der Waals surface area contributed by atoms with Crippen LogP contribution in [0.5, 0.6) is 0 Å². The maximum absolute atomic E-state index is 11.1. The van der Waals surface area contributed by atoms with Crippen LogP contribution in [-0.2, 0) is 9.84 Å². The van der Waals surface area contributed by atoms with E-state index in [1.807, 2.05) is 0 Å². The highest BCUT2D eigenvalue weighted by atomic mass is 32.2. The van der Waals surface area contributed by atoms with E-state index in [1.165, 1.54) is 0 Å². The minimum atomic E-state index is -2.81. The van der Waals surface area contributed by atoms with Crippen molar-refractivity contribution in [3.8, 4) is 0 Å². The molecule has 1 saturated heterocycles. The van der Waals surface area contributed by atoms with Crippen molar-refractivity contribution in [1.82, 2.24) is 4.90 Å². The number of nitrogens with zero attached hydrogens (tertiary/aromatic N) is 1. The predicted octanol–water partition coefficient (Wildman–Crippen LogP) is 0.320. The van der Waals surface area contributed by atoms with Crippen molar-refractivity contribution < 1.29 is 8.42 Å². The number of sulfone groups is 1. The van der Waals surface area contributed by atoms with Gasteiger partial charge >= 0.3 is 0 Å². The maximum Gasteiger partial charge on any atom is 0.152 e. The molecule has 0 amide bonds. The molecule has 0 aromatic carbocycles. The molecule has 0 aliphatic carbocycles. The zero-order chi connectivity index (χ0) is 9.35. The summed E-state index contributed by atoms with van der Waals surface area (Å²) in [5, 5.41) is 0. The van der Waals surface area contributed by atoms with Gasteiger partial charge in [0.2, 0.25) is 0 Å². The summed E-state index contributed by atoms with van der Waals surface area (Å²) in [4.78, 5) is 1.74. The first-order chi connectivity index (χ1) is 5.42. The Hall–Kier alpha value is 0.190. The molecule has 12 heavy (non-hydrogen) atoms. The Balaban J connectivity index is 2.64. The van der Waals surface area contributed by atoms with E-state index in [0.29, 0.717) is 10.7 Å². The standard InChI is InChI=1S/C6H11NO2S3/c1-7(6(10)11)5-2-3-12(8,9)4-5/h5H,2-4H2,1H3,(H,10,11). The van der Waals surface area contributed by atoms with Gasteiger partial charge in [-0.1, -0.05) is 12.2 Å². The molecule has 0 N–H and O–H groups in total. The minimum Gasteiger partial charge on any atom is -0.357 e. The third-order valence-electron chi connectivity index (χ3n) is 2.06. The number of rotatable bonds is 1. The van der Waals surface area contributed by atoms with Crippen LogP contribution in [0, 0.1) is 0 Å². The van der Waals surface area contributed by atoms with Gasteiger partial charge in [-0.2, -0.15) is 0 Å². The second-order valence-corrected chi connectivity index (χ2v) is 6.29. The van der Waals surface area contributed by atoms with Crippen molar-refractivity contribution in [2.75, 3.05) is 18.6 Å². The van der Waals surface area contributed by atoms with Crippen LogP contribution in [0.4, 0.5) is 0 Å². The van der Waals surface area contributed by atoms with Crippen LogP contribution in [0.2, 0.25) is 0 Å². The van der Waals surface area contributed by atoms with Crippen molar-refractivity contribution in [2.24, 2.45) is 0 Å². The van der Waals surface area contributed by atoms with Gasteiger partial charge in [-0.25, -0.2) is 8.42 Å². The highest BCUT2D eigenvalue weighted by Crippen LogP contribution is 2.17. The van der Waals surface area contributed by atoms with Crippen molar-refractivity contribution >= 4 is 39.0 Å². The van der Waals surface area contributed by atoms with Gasteiger partial charge in [-0.3, -0.25) is 0 Å². The predicted molar refractivity (Wildman–Crippen MR) is 56.4 cm³/mol. The summed E-state index contributed by atoms with van der Waals surface area (Å²) in [5.74, 6) is 0.489. The molecule has 0 aromatic rings. The molecule has 3 nitrogen and oxygen atoms in total. The second kappa shape index (κ2) is 3.51. The Labute approximate surface area is 83.5 Å². The molecule has 0 bridgehead atoms. The average Bonchev–Trinajstić information content (AvgIpc) is 2.28. The Kier molecular flexibility index (Phi) is 3.01. The van der Waals surface area contributed by atoms with Crippen molar-refractivity contribution in [1.29, 1.82) is 0 Å². The molecule has 1 aliphatic heterocycles. The number of hydrogen-bond acceptors (Lipinski definition) is 3. The topological polar surface area (TPSA) is 37.4 Å². The van der Waals surface area contributed by atoms with Gasteiger partial charge in [0, 0.05) is 13.1 Å². The fourth-order valence-corrected chi connectivity index (χ4v) is 3.32. The van der Waals surface area contributed by atoms with Gasteiger partial charge in [0.1, 0.15) is 4.32 Å². The lowest BCUT2D eigenvalue weighted by atomic mass is 10.2. The molecule has 1 rings (SSSR count). The Bertz CT molecular complexity index is 285. The molecule has 0 saturated carbocycles. The Morgan fingerprint density at radius 1 is 1.67 bits per heavy atom. The molecular weight excluding hydrogens is 214 g/mol. The molecule has 1 atom stereocenters. The summed E-state index contributed by atoms with van der Waals surface area (Å²) in [6.07, 6.45) is 0.666. The summed E-state index contributed by atoms with van der Waals surface area (Å²) in [6.45, 7) is 0. The number of hydrogen-bond donors (Lipinski definition) is 1. The van der Waals surface area contributed by atoms with Crippen molar-refractivity contribution in [3.05, 3.63) is 0 Å². The first-order valence-electron chi connectivity index (χ1n) is 3.58. The van der Waals surface area contributed by atoms with E-state index in [-0.39, 0.29) is 17.5 Å². The molecule has 70 valence electrons. The van der Waals surface area contributed by atoms with Crippen LogP contribution in [0.3, 0.4) is 0 Å². The van der Waals surface area contributed by atoms with Crippen LogP contribution in [0.25, 0.3) is 0 Å². The third kappa shape index (κ3) is 2.34. The number of thiocarbonyl (C=S) groups is 1. The first-order valence-corrected chi connectivity index (χ1v) is 6.26. The largest absolute Gasteiger partial charge is 0.357 e. The lowest BCUT2D eigenvalue weighted by Crippen LogP contribution is -2.34. The molecule has 1 unspecified atom stereocenters. The van der Waals surface area contributed by atoms with Crippen LogP contribution >= 0.6 is 24.8 Å². The smallest absolute Gasteiger partial charge is 0.152 e. The van der Waals surface area contributed by atoms with Crippen LogP contribution < -0.4 is 0 Å². The summed E-state index contributed by atoms with van der Waals surface area (Å²) in [5.41, 5.74) is 0. The van der Waals surface area contributed by atoms with E-state index in [2.05, 4.69) is 12.6 Å². The van der Waals surface area contributed by atoms with E-state index < -0.39 is 9.84 Å². The highest BCUT2D eigenvalue weighted by Gasteiger charge is 2.30. The Morgan fingerprint density at radius 2 is 2.25 bits per heavy atom. The van der Waals surface area contributed by atoms with Gasteiger partial charge in [0.15, 0.2) is 9.84 Å². The Morgan fingerprint density at radius 3 is 2.58 bits per heavy atom. The molecule has 6 heteroatoms. The van der Waals surface area contributed by atoms with Crippen molar-refractivity contribution in [3.63, 3.8) is 0 Å². The zero-order valence-corrected chi connectivity index (χ0v) is 9.25. The number of thiol groups is 1. The molecule has 1 fully saturated rings. The highest BCUT2D eigenvalue weighted by molar-refractivity contribution is 8.10. The summed E-state index contributed by atoms with van der Waals surface area (Å²) in [6, 6.07) is 0.0278. The van der Waals surface area contributed by atoms with Gasteiger partial charge in [0.25, 0.3) is 0 Å². The molecular formula is C6H11NO2S3. The minimum absolute atomic E-state index is 0.0278. The van der Waals surface area contributed by atoms with E-state index >= 15 is 0 Å². The summed E-state index contributed by atoms with van der Waals surface area (Å²) < 4.78 is 22.6. The van der Waals surface area contributed by atoms with Crippen LogP contribution in [0.1, 0.15) is 6.42 Å². The quantitative estimate of drug-likeness (QED) is 0.515. The third-order valence-corrected chi connectivity index (χ3v) is 4.41. The van der Waals surface area contributed by atoms with Gasteiger partial charge in [0.05, 0.1) is 11.5 Å². The molecule has 1 heterocycles. The summed E-state index contributed by atoms with van der Waals surface area (Å²) >= 11 is 8.81. The molecule has 0 aromatic heterocycles. The zero-order valence-electron chi connectivity index (χ0n) is 6.73. The van der Waals surface area contributed by atoms with E-state index in [4.69, 9.17) is 12.2 Å². The fraction of sp³-hybridized carbons (Fsp3) is 0.833. The van der Waals surface area contributed by atoms with E-state index in [9.17, 15) is 8.42 Å². The molecule has 0 radical (unpaired) electrons. The summed E-state index contributed by atoms with van der Waals surface area (Å²) in [7, 11) is -1.03. The fourth-order valence-electron chi connectivity index (χ4n) is 1.24. The van der Waals surface area contributed by atoms with Gasteiger partial charge in [-0.05, 0) is 6.42 Å². The SMILES string of the molecule is CN(C(=S)S)C1CCS(=O)(=O)C1. The average molecular weight is 225 g/mol. The first kappa shape index (κ1) is 10.3. The lowest BCUT2D eigenvalue weighted by molar-refractivity contribution is 0.409. The maximum atomic E-state index is 11.1. The van der Waals surface area contributed by atoms with Crippen LogP contribution in [-0.4, -0.2) is 42.2 Å². The van der Waals surface area contributed by atoms with E-state index in [1.54, 1.807) is 11.9 Å². The monoisotopic (exact) mass is 225 g/mol. The van der Waals surface area contributed by atoms with Crippen molar-refractivity contribution in [2.45, 2.75) is 12.5 Å². The normalized spacial score (nSPS) is 27.0.